The zero-order chi connectivity index (χ0) is 21.5. The maximum Gasteiger partial charge on any atom is 0.326 e. The van der Waals surface area contributed by atoms with Gasteiger partial charge in [-0.15, -0.1) is 0 Å². The van der Waals surface area contributed by atoms with Gasteiger partial charge in [-0.3, -0.25) is 9.59 Å². The molecule has 156 valence electrons. The summed E-state index contributed by atoms with van der Waals surface area (Å²) in [5.41, 5.74) is 1.35. The van der Waals surface area contributed by atoms with E-state index < -0.39 is 29.6 Å². The van der Waals surface area contributed by atoms with Gasteiger partial charge in [-0.25, -0.2) is 9.78 Å². The van der Waals surface area contributed by atoms with Crippen molar-refractivity contribution in [3.63, 3.8) is 0 Å². The lowest BCUT2D eigenvalue weighted by atomic mass is 9.92. The van der Waals surface area contributed by atoms with Crippen LogP contribution in [0.25, 0.3) is 0 Å². The van der Waals surface area contributed by atoms with Gasteiger partial charge in [0.25, 0.3) is 0 Å². The van der Waals surface area contributed by atoms with Gasteiger partial charge >= 0.3 is 5.97 Å². The lowest BCUT2D eigenvalue weighted by molar-refractivity contribution is -0.142. The molecule has 2 aromatic heterocycles. The first-order chi connectivity index (χ1) is 14.4. The van der Waals surface area contributed by atoms with Crippen LogP contribution in [0.3, 0.4) is 0 Å². The van der Waals surface area contributed by atoms with Crippen LogP contribution in [0.4, 0.5) is 0 Å². The summed E-state index contributed by atoms with van der Waals surface area (Å²) in [5.74, 6) is -2.85. The molecule has 1 aromatic carbocycles. The number of aromatic amines is 1. The van der Waals surface area contributed by atoms with Gasteiger partial charge in [0.2, 0.25) is 5.91 Å². The van der Waals surface area contributed by atoms with Crippen molar-refractivity contribution in [1.82, 2.24) is 15.3 Å². The molecule has 0 aliphatic rings. The SMILES string of the molecule is O=C(CC(Cc1ccccc1)C(=O)N[C@@H](Cc1c[nH]cn1)C(=O)O)c1ccc(Cl)o1. The van der Waals surface area contributed by atoms with Gasteiger partial charge in [0.1, 0.15) is 6.04 Å². The van der Waals surface area contributed by atoms with Crippen LogP contribution in [-0.4, -0.2) is 38.8 Å². The molecule has 0 radical (unpaired) electrons. The Labute approximate surface area is 177 Å². The highest BCUT2D eigenvalue weighted by molar-refractivity contribution is 6.29. The van der Waals surface area contributed by atoms with E-state index in [2.05, 4.69) is 15.3 Å². The number of carbonyl (C=O) groups excluding carboxylic acids is 2. The lowest BCUT2D eigenvalue weighted by Gasteiger charge is -2.19. The average Bonchev–Trinajstić information content (AvgIpc) is 3.39. The molecule has 0 bridgehead atoms. The lowest BCUT2D eigenvalue weighted by Crippen LogP contribution is -2.45. The monoisotopic (exact) mass is 429 g/mol. The number of aromatic nitrogens is 2. The molecular formula is C21H20ClN3O5. The Morgan fingerprint density at radius 1 is 1.13 bits per heavy atom. The van der Waals surface area contributed by atoms with E-state index >= 15 is 0 Å². The van der Waals surface area contributed by atoms with E-state index in [0.717, 1.165) is 5.56 Å². The van der Waals surface area contributed by atoms with E-state index in [1.54, 1.807) is 6.20 Å². The Morgan fingerprint density at radius 2 is 1.90 bits per heavy atom. The predicted octanol–water partition coefficient (Wildman–Crippen LogP) is 2.90. The minimum atomic E-state index is -1.19. The zero-order valence-corrected chi connectivity index (χ0v) is 16.6. The molecule has 30 heavy (non-hydrogen) atoms. The van der Waals surface area contributed by atoms with Crippen LogP contribution in [0.1, 0.15) is 28.2 Å². The van der Waals surface area contributed by atoms with E-state index in [1.165, 1.54) is 18.5 Å². The quantitative estimate of drug-likeness (QED) is 0.425. The average molecular weight is 430 g/mol. The standard InChI is InChI=1S/C21H20ClN3O5/c22-19-7-6-18(30-19)17(26)9-14(8-13-4-2-1-3-5-13)20(27)25-16(21(28)29)10-15-11-23-12-24-15/h1-7,11-12,14,16H,8-10H2,(H,23,24)(H,25,27)(H,28,29)/t14?,16-/m0/s1. The van der Waals surface area contributed by atoms with E-state index in [0.29, 0.717) is 5.69 Å². The highest BCUT2D eigenvalue weighted by Gasteiger charge is 2.29. The number of nitrogens with one attached hydrogen (secondary N) is 2. The third-order valence-electron chi connectivity index (χ3n) is 4.56. The van der Waals surface area contributed by atoms with Crippen LogP contribution in [0, 0.1) is 5.92 Å². The summed E-state index contributed by atoms with van der Waals surface area (Å²) in [6.07, 6.45) is 3.13. The Hall–Kier alpha value is -3.39. The van der Waals surface area contributed by atoms with Crippen molar-refractivity contribution >= 4 is 29.3 Å². The molecule has 0 spiro atoms. The number of halogens is 1. The molecule has 0 aliphatic carbocycles. The minimum Gasteiger partial charge on any atom is -0.480 e. The number of carboxylic acids is 1. The number of Topliss-reactive ketones (excluding diaryl/α,β-unsaturated/α-hetero) is 1. The fourth-order valence-electron chi connectivity index (χ4n) is 3.05. The molecule has 0 fully saturated rings. The van der Waals surface area contributed by atoms with Gasteiger partial charge in [0.05, 0.1) is 12.0 Å². The van der Waals surface area contributed by atoms with Gasteiger partial charge in [-0.2, -0.15) is 0 Å². The van der Waals surface area contributed by atoms with Crippen LogP contribution < -0.4 is 5.32 Å². The van der Waals surface area contributed by atoms with Gasteiger partial charge in [-0.1, -0.05) is 30.3 Å². The second kappa shape index (κ2) is 9.89. The van der Waals surface area contributed by atoms with E-state index in [4.69, 9.17) is 16.0 Å². The van der Waals surface area contributed by atoms with Crippen molar-refractivity contribution in [2.24, 2.45) is 5.92 Å². The molecule has 0 saturated carbocycles. The number of amides is 1. The number of rotatable bonds is 10. The fourth-order valence-corrected chi connectivity index (χ4v) is 3.19. The van der Waals surface area contributed by atoms with E-state index in [-0.39, 0.29) is 30.2 Å². The summed E-state index contributed by atoms with van der Waals surface area (Å²) in [5, 5.41) is 12.1. The number of aliphatic carboxylic acids is 1. The fraction of sp³-hybridized carbons (Fsp3) is 0.238. The summed E-state index contributed by atoms with van der Waals surface area (Å²) < 4.78 is 5.14. The Kier molecular flexibility index (Phi) is 7.03. The summed E-state index contributed by atoms with van der Waals surface area (Å²) >= 11 is 5.73. The normalized spacial score (nSPS) is 12.8. The summed E-state index contributed by atoms with van der Waals surface area (Å²) in [7, 11) is 0. The molecule has 9 heteroatoms. The zero-order valence-electron chi connectivity index (χ0n) is 15.9. The number of ketones is 1. The van der Waals surface area contributed by atoms with Crippen molar-refractivity contribution in [1.29, 1.82) is 0 Å². The van der Waals surface area contributed by atoms with E-state index in [9.17, 15) is 19.5 Å². The Morgan fingerprint density at radius 3 is 2.50 bits per heavy atom. The number of carboxylic acid groups (broad SMARTS) is 1. The molecule has 1 amide bonds. The van der Waals surface area contributed by atoms with Crippen LogP contribution in [0.15, 0.2) is 59.4 Å². The number of hydrogen-bond donors (Lipinski definition) is 3. The second-order valence-electron chi connectivity index (χ2n) is 6.78. The molecule has 3 rings (SSSR count). The smallest absolute Gasteiger partial charge is 0.326 e. The molecular weight excluding hydrogens is 410 g/mol. The van der Waals surface area contributed by atoms with Crippen LogP contribution in [0.2, 0.25) is 5.22 Å². The molecule has 2 heterocycles. The van der Waals surface area contributed by atoms with Crippen LogP contribution >= 0.6 is 11.6 Å². The summed E-state index contributed by atoms with van der Waals surface area (Å²) in [6, 6.07) is 10.9. The van der Waals surface area contributed by atoms with Crippen molar-refractivity contribution in [2.75, 3.05) is 0 Å². The summed E-state index contributed by atoms with van der Waals surface area (Å²) in [4.78, 5) is 43.9. The number of hydrogen-bond acceptors (Lipinski definition) is 5. The summed E-state index contributed by atoms with van der Waals surface area (Å²) in [6.45, 7) is 0. The number of nitrogens with zero attached hydrogens (tertiary/aromatic N) is 1. The van der Waals surface area contributed by atoms with Crippen molar-refractivity contribution < 1.29 is 23.9 Å². The topological polar surface area (TPSA) is 125 Å². The third kappa shape index (κ3) is 5.81. The first-order valence-corrected chi connectivity index (χ1v) is 9.63. The number of benzene rings is 1. The number of H-pyrrole nitrogens is 1. The first kappa shape index (κ1) is 21.3. The Balaban J connectivity index is 1.75. The third-order valence-corrected chi connectivity index (χ3v) is 4.76. The number of carbonyl (C=O) groups is 3. The van der Waals surface area contributed by atoms with Crippen LogP contribution in [-0.2, 0) is 22.4 Å². The Bertz CT molecular complexity index is 1000. The number of imidazole rings is 1. The minimum absolute atomic E-state index is 0.0182. The maximum absolute atomic E-state index is 13.0. The highest BCUT2D eigenvalue weighted by atomic mass is 35.5. The van der Waals surface area contributed by atoms with Gasteiger partial charge < -0.3 is 19.8 Å². The van der Waals surface area contributed by atoms with E-state index in [1.807, 2.05) is 30.3 Å². The van der Waals surface area contributed by atoms with Crippen molar-refractivity contribution in [3.8, 4) is 0 Å². The van der Waals surface area contributed by atoms with Crippen molar-refractivity contribution in [3.05, 3.63) is 77.2 Å². The van der Waals surface area contributed by atoms with Gasteiger partial charge in [0, 0.05) is 25.0 Å². The maximum atomic E-state index is 13.0. The molecule has 8 nitrogen and oxygen atoms in total. The van der Waals surface area contributed by atoms with Gasteiger partial charge in [-0.05, 0) is 35.7 Å². The number of furan rings is 1. The predicted molar refractivity (Wildman–Crippen MR) is 108 cm³/mol. The molecule has 0 saturated heterocycles. The molecule has 0 aliphatic heterocycles. The molecule has 3 N–H and O–H groups in total. The molecule has 2 atom stereocenters. The van der Waals surface area contributed by atoms with Crippen LogP contribution in [0.5, 0.6) is 0 Å². The van der Waals surface area contributed by atoms with Gasteiger partial charge in [0.15, 0.2) is 16.8 Å². The largest absolute Gasteiger partial charge is 0.480 e. The van der Waals surface area contributed by atoms with Crippen molar-refractivity contribution in [2.45, 2.75) is 25.3 Å². The molecule has 1 unspecified atom stereocenters. The molecule has 3 aromatic rings. The highest BCUT2D eigenvalue weighted by Crippen LogP contribution is 2.20. The second-order valence-corrected chi connectivity index (χ2v) is 7.15. The first-order valence-electron chi connectivity index (χ1n) is 9.25.